The summed E-state index contributed by atoms with van der Waals surface area (Å²) in [6.45, 7) is 12.7. The van der Waals surface area contributed by atoms with Gasteiger partial charge in [-0.2, -0.15) is 27.0 Å². The maximum Gasteiger partial charge on any atom is 0.410 e. The Labute approximate surface area is 308 Å². The zero-order valence-corrected chi connectivity index (χ0v) is 31.6. The SMILES string of the molecule is CC(C)(C)OC(=O)N1CCC[C@H]1c1ncc(-c2ccc(C#Cc3ccc4nc([C@@H]5CC6(CC6)CN5C(=O)OC(C)(C)C)[nH]c4c3)cc2)[nH]1.S.S. The lowest BCUT2D eigenvalue weighted by Gasteiger charge is -2.27. The Bertz CT molecular complexity index is 1920. The van der Waals surface area contributed by atoms with Crippen LogP contribution in [0.15, 0.2) is 48.7 Å². The van der Waals surface area contributed by atoms with E-state index in [0.29, 0.717) is 13.1 Å². The first-order chi connectivity index (χ1) is 22.7. The Hall–Kier alpha value is -4.08. The van der Waals surface area contributed by atoms with Crippen molar-refractivity contribution in [1.29, 1.82) is 0 Å². The number of aromatic nitrogens is 4. The van der Waals surface area contributed by atoms with Crippen LogP contribution in [0.25, 0.3) is 22.3 Å². The molecule has 7 rings (SSSR count). The van der Waals surface area contributed by atoms with E-state index in [1.807, 2.05) is 95.1 Å². The van der Waals surface area contributed by atoms with Gasteiger partial charge in [0.2, 0.25) is 0 Å². The van der Waals surface area contributed by atoms with Gasteiger partial charge in [-0.25, -0.2) is 19.6 Å². The number of ether oxygens (including phenoxy) is 2. The van der Waals surface area contributed by atoms with Crippen molar-refractivity contribution in [2.45, 2.75) is 96.9 Å². The summed E-state index contributed by atoms with van der Waals surface area (Å²) < 4.78 is 11.4. The van der Waals surface area contributed by atoms with Crippen LogP contribution in [0.2, 0.25) is 0 Å². The van der Waals surface area contributed by atoms with E-state index in [2.05, 4.69) is 26.8 Å². The van der Waals surface area contributed by atoms with Crippen LogP contribution >= 0.6 is 27.0 Å². The molecule has 1 spiro atoms. The smallest absolute Gasteiger partial charge is 0.410 e. The van der Waals surface area contributed by atoms with Crippen LogP contribution in [-0.4, -0.2) is 66.2 Å². The van der Waals surface area contributed by atoms with Gasteiger partial charge in [0.1, 0.15) is 22.9 Å². The number of aromatic amines is 2. The summed E-state index contributed by atoms with van der Waals surface area (Å²) in [6.07, 6.45) is 6.18. The van der Waals surface area contributed by atoms with Gasteiger partial charge in [0, 0.05) is 24.2 Å². The highest BCUT2D eigenvalue weighted by molar-refractivity contribution is 7.59. The molecule has 3 fully saturated rings. The number of hydrogen-bond donors (Lipinski definition) is 2. The van der Waals surface area contributed by atoms with E-state index >= 15 is 0 Å². The molecule has 3 aliphatic rings. The molecule has 0 bridgehead atoms. The summed E-state index contributed by atoms with van der Waals surface area (Å²) >= 11 is 0. The van der Waals surface area contributed by atoms with Gasteiger partial charge in [-0.15, -0.1) is 0 Å². The van der Waals surface area contributed by atoms with Crippen LogP contribution in [-0.2, 0) is 9.47 Å². The summed E-state index contributed by atoms with van der Waals surface area (Å²) in [5.41, 5.74) is 4.51. The summed E-state index contributed by atoms with van der Waals surface area (Å²) in [5.74, 6) is 8.14. The number of hydrogen-bond acceptors (Lipinski definition) is 6. The average molecular weight is 717 g/mol. The molecular weight excluding hydrogens is 669 g/mol. The molecule has 2 aliphatic heterocycles. The highest BCUT2D eigenvalue weighted by atomic mass is 32.1. The zero-order chi connectivity index (χ0) is 33.8. The van der Waals surface area contributed by atoms with Crippen molar-refractivity contribution < 1.29 is 19.1 Å². The van der Waals surface area contributed by atoms with Crippen molar-refractivity contribution in [3.8, 4) is 23.1 Å². The number of nitrogens with zero attached hydrogens (tertiary/aromatic N) is 4. The lowest BCUT2D eigenvalue weighted by Crippen LogP contribution is -2.37. The fourth-order valence-electron chi connectivity index (χ4n) is 6.74. The number of fused-ring (bicyclic) bond motifs is 1. The standard InChI is InChI=1S/C38H44N6O4.2H2S/c1-36(2,3)47-34(45)43-19-7-8-30(43)32-39-22-29(42-32)26-14-11-24(12-15-26)9-10-25-13-16-27-28(20-25)41-33(40-27)31-21-38(17-18-38)23-44(31)35(46)48-37(4,5)6;;/h11-16,20,22,30-31H,7-8,17-19,21,23H2,1-6H3,(H,39,42)(H,40,41);2*1H2/t30-,31-;;/m0../s1. The van der Waals surface area contributed by atoms with E-state index in [-0.39, 0.29) is 56.7 Å². The fraction of sp³-hybridized carbons (Fsp3) is 0.474. The van der Waals surface area contributed by atoms with Crippen LogP contribution in [0, 0.1) is 17.3 Å². The van der Waals surface area contributed by atoms with Gasteiger partial charge in [0.15, 0.2) is 0 Å². The quantitative estimate of drug-likeness (QED) is 0.207. The highest BCUT2D eigenvalue weighted by Gasteiger charge is 2.55. The van der Waals surface area contributed by atoms with Crippen molar-refractivity contribution >= 4 is 50.2 Å². The minimum Gasteiger partial charge on any atom is -0.444 e. The molecule has 266 valence electrons. The van der Waals surface area contributed by atoms with E-state index in [1.54, 1.807) is 4.90 Å². The van der Waals surface area contributed by atoms with Crippen molar-refractivity contribution in [1.82, 2.24) is 29.7 Å². The Morgan fingerprint density at radius 2 is 1.48 bits per heavy atom. The van der Waals surface area contributed by atoms with Gasteiger partial charge < -0.3 is 19.4 Å². The summed E-state index contributed by atoms with van der Waals surface area (Å²) in [6, 6.07) is 13.8. The molecule has 2 N–H and O–H groups in total. The van der Waals surface area contributed by atoms with E-state index in [1.165, 1.54) is 0 Å². The Morgan fingerprint density at radius 1 is 0.840 bits per heavy atom. The minimum atomic E-state index is -0.548. The second-order valence-corrected chi connectivity index (χ2v) is 15.5. The van der Waals surface area contributed by atoms with Crippen LogP contribution in [0.5, 0.6) is 0 Å². The molecule has 50 heavy (non-hydrogen) atoms. The van der Waals surface area contributed by atoms with E-state index in [4.69, 9.17) is 14.5 Å². The Balaban J connectivity index is 0.00000243. The lowest BCUT2D eigenvalue weighted by atomic mass is 10.0. The number of H-pyrrole nitrogens is 2. The Morgan fingerprint density at radius 3 is 2.14 bits per heavy atom. The summed E-state index contributed by atoms with van der Waals surface area (Å²) in [5, 5.41) is 0. The third kappa shape index (κ3) is 8.10. The van der Waals surface area contributed by atoms with E-state index in [9.17, 15) is 9.59 Å². The number of carbonyl (C=O) groups excluding carboxylic acids is 2. The maximum atomic E-state index is 13.1. The molecule has 2 amide bonds. The topological polar surface area (TPSA) is 116 Å². The van der Waals surface area contributed by atoms with Gasteiger partial charge in [-0.3, -0.25) is 9.80 Å². The van der Waals surface area contributed by atoms with Crippen molar-refractivity contribution in [3.05, 3.63) is 71.4 Å². The largest absolute Gasteiger partial charge is 0.444 e. The van der Waals surface area contributed by atoms with E-state index in [0.717, 1.165) is 77.2 Å². The third-order valence-electron chi connectivity index (χ3n) is 9.25. The van der Waals surface area contributed by atoms with Crippen molar-refractivity contribution in [2.75, 3.05) is 13.1 Å². The molecule has 2 aromatic carbocycles. The molecule has 2 atom stereocenters. The number of imidazole rings is 2. The molecule has 2 saturated heterocycles. The second-order valence-electron chi connectivity index (χ2n) is 15.5. The fourth-order valence-corrected chi connectivity index (χ4v) is 6.74. The molecule has 0 radical (unpaired) electrons. The van der Waals surface area contributed by atoms with Crippen LogP contribution in [0.4, 0.5) is 9.59 Å². The average Bonchev–Trinajstić information content (AvgIpc) is 3.50. The van der Waals surface area contributed by atoms with Crippen LogP contribution in [0.1, 0.15) is 109 Å². The number of rotatable bonds is 3. The molecule has 1 saturated carbocycles. The van der Waals surface area contributed by atoms with Gasteiger partial charge in [-0.05, 0) is 115 Å². The monoisotopic (exact) mass is 716 g/mol. The molecule has 4 aromatic rings. The predicted octanol–water partition coefficient (Wildman–Crippen LogP) is 8.11. The molecule has 4 heterocycles. The second kappa shape index (κ2) is 13.9. The summed E-state index contributed by atoms with van der Waals surface area (Å²) in [7, 11) is 0. The summed E-state index contributed by atoms with van der Waals surface area (Å²) in [4.78, 5) is 45.9. The van der Waals surface area contributed by atoms with Crippen LogP contribution < -0.4 is 0 Å². The zero-order valence-electron chi connectivity index (χ0n) is 29.6. The molecule has 1 aliphatic carbocycles. The number of benzene rings is 2. The minimum absolute atomic E-state index is 0. The number of likely N-dealkylation sites (tertiary alicyclic amines) is 2. The van der Waals surface area contributed by atoms with Gasteiger partial charge in [0.25, 0.3) is 0 Å². The normalized spacial score (nSPS) is 19.4. The molecule has 12 heteroatoms. The first kappa shape index (κ1) is 37.2. The van der Waals surface area contributed by atoms with Crippen LogP contribution in [0.3, 0.4) is 0 Å². The maximum absolute atomic E-state index is 13.1. The molecule has 10 nitrogen and oxygen atoms in total. The van der Waals surface area contributed by atoms with Gasteiger partial charge in [-0.1, -0.05) is 24.0 Å². The van der Waals surface area contributed by atoms with Crippen molar-refractivity contribution in [3.63, 3.8) is 0 Å². The number of amides is 2. The first-order valence-electron chi connectivity index (χ1n) is 16.9. The molecule has 0 unspecified atom stereocenters. The Kier molecular flexibility index (Phi) is 10.3. The predicted molar refractivity (Wildman–Crippen MR) is 204 cm³/mol. The van der Waals surface area contributed by atoms with Gasteiger partial charge in [0.05, 0.1) is 35.0 Å². The molecule has 2 aromatic heterocycles. The van der Waals surface area contributed by atoms with E-state index < -0.39 is 11.2 Å². The molecular formula is C38H48N6O4S2. The first-order valence-corrected chi connectivity index (χ1v) is 16.9. The number of carbonyl (C=O) groups is 2. The highest BCUT2D eigenvalue weighted by Crippen LogP contribution is 2.58. The van der Waals surface area contributed by atoms with Crippen molar-refractivity contribution in [2.24, 2.45) is 5.41 Å². The number of nitrogens with one attached hydrogen (secondary N) is 2. The van der Waals surface area contributed by atoms with Gasteiger partial charge >= 0.3 is 12.2 Å². The lowest BCUT2D eigenvalue weighted by molar-refractivity contribution is 0.0205. The third-order valence-corrected chi connectivity index (χ3v) is 9.25.